The predicted molar refractivity (Wildman–Crippen MR) is 78.8 cm³/mol. The lowest BCUT2D eigenvalue weighted by atomic mass is 9.94. The molecule has 0 radical (unpaired) electrons. The van der Waals surface area contributed by atoms with Crippen molar-refractivity contribution in [2.75, 3.05) is 26.2 Å². The molecule has 0 aromatic carbocycles. The van der Waals surface area contributed by atoms with Crippen LogP contribution in [0.5, 0.6) is 0 Å². The van der Waals surface area contributed by atoms with Crippen molar-refractivity contribution in [2.45, 2.75) is 58.4 Å². The maximum Gasteiger partial charge on any atom is 0.0628 e. The van der Waals surface area contributed by atoms with Crippen molar-refractivity contribution < 1.29 is 0 Å². The summed E-state index contributed by atoms with van der Waals surface area (Å²) in [4.78, 5) is 2.61. The summed E-state index contributed by atoms with van der Waals surface area (Å²) in [5.74, 6) is 0.783. The van der Waals surface area contributed by atoms with Gasteiger partial charge in [0.15, 0.2) is 0 Å². The van der Waals surface area contributed by atoms with Gasteiger partial charge in [-0.1, -0.05) is 0 Å². The van der Waals surface area contributed by atoms with Crippen molar-refractivity contribution in [2.24, 2.45) is 11.3 Å². The van der Waals surface area contributed by atoms with Gasteiger partial charge in [-0.25, -0.2) is 0 Å². The van der Waals surface area contributed by atoms with E-state index in [1.165, 1.54) is 38.8 Å². The van der Waals surface area contributed by atoms with Gasteiger partial charge in [0.2, 0.25) is 0 Å². The van der Waals surface area contributed by atoms with Crippen LogP contribution in [0, 0.1) is 22.7 Å². The van der Waals surface area contributed by atoms with Gasteiger partial charge in [0.25, 0.3) is 0 Å². The molecule has 0 spiro atoms. The first kappa shape index (κ1) is 14.8. The molecule has 1 saturated carbocycles. The van der Waals surface area contributed by atoms with Crippen molar-refractivity contribution in [1.82, 2.24) is 10.2 Å². The fraction of sp³-hybridized carbons (Fsp3) is 0.938. The molecule has 2 rings (SSSR count). The molecule has 1 saturated heterocycles. The zero-order valence-electron chi connectivity index (χ0n) is 12.8. The van der Waals surface area contributed by atoms with Gasteiger partial charge in [0.1, 0.15) is 0 Å². The van der Waals surface area contributed by atoms with E-state index in [2.05, 4.69) is 37.1 Å². The highest BCUT2D eigenvalue weighted by Crippen LogP contribution is 2.49. The van der Waals surface area contributed by atoms with Crippen LogP contribution in [-0.2, 0) is 0 Å². The molecule has 0 aromatic rings. The number of likely N-dealkylation sites (tertiary alicyclic amines) is 1. The molecule has 1 atom stereocenters. The van der Waals surface area contributed by atoms with E-state index >= 15 is 0 Å². The highest BCUT2D eigenvalue weighted by molar-refractivity contribution is 5.01. The molecule has 1 heterocycles. The molecule has 19 heavy (non-hydrogen) atoms. The third-order valence-electron chi connectivity index (χ3n) is 4.49. The summed E-state index contributed by atoms with van der Waals surface area (Å²) in [5.41, 5.74) is 0.592. The Hall–Kier alpha value is -0.590. The normalized spacial score (nSPS) is 26.9. The first-order chi connectivity index (χ1) is 8.92. The van der Waals surface area contributed by atoms with Crippen LogP contribution in [0.2, 0.25) is 0 Å². The van der Waals surface area contributed by atoms with Gasteiger partial charge in [-0.2, -0.15) is 5.26 Å². The summed E-state index contributed by atoms with van der Waals surface area (Å²) in [6.07, 6.45) is 5.96. The Kier molecular flexibility index (Phi) is 4.53. The van der Waals surface area contributed by atoms with Gasteiger partial charge >= 0.3 is 0 Å². The Labute approximate surface area is 118 Å². The van der Waals surface area contributed by atoms with E-state index in [1.54, 1.807) is 0 Å². The second kappa shape index (κ2) is 5.81. The summed E-state index contributed by atoms with van der Waals surface area (Å²) < 4.78 is 0. The number of piperidine rings is 1. The molecule has 1 aliphatic carbocycles. The predicted octanol–water partition coefficient (Wildman–Crippen LogP) is 2.78. The van der Waals surface area contributed by atoms with E-state index in [-0.39, 0.29) is 5.54 Å². The van der Waals surface area contributed by atoms with Crippen LogP contribution in [-0.4, -0.2) is 36.6 Å². The molecule has 3 heteroatoms. The number of hydrogen-bond acceptors (Lipinski definition) is 3. The van der Waals surface area contributed by atoms with E-state index in [0.717, 1.165) is 25.4 Å². The maximum absolute atomic E-state index is 8.92. The molecule has 108 valence electrons. The smallest absolute Gasteiger partial charge is 0.0628 e. The monoisotopic (exact) mass is 263 g/mol. The van der Waals surface area contributed by atoms with Crippen LogP contribution in [0.15, 0.2) is 0 Å². The summed E-state index contributed by atoms with van der Waals surface area (Å²) in [7, 11) is 0. The zero-order valence-corrected chi connectivity index (χ0v) is 12.8. The van der Waals surface area contributed by atoms with Crippen LogP contribution in [0.25, 0.3) is 0 Å². The van der Waals surface area contributed by atoms with E-state index in [9.17, 15) is 0 Å². The summed E-state index contributed by atoms with van der Waals surface area (Å²) in [5, 5.41) is 12.6. The molecule has 2 aliphatic rings. The lowest BCUT2D eigenvalue weighted by molar-refractivity contribution is 0.139. The standard InChI is InChI=1S/C16H29N3/c1-15(2,3)18-11-14-5-4-10-19(12-14)13-16(6-7-16)8-9-17/h14,18H,4-8,10-13H2,1-3H3. The van der Waals surface area contributed by atoms with Crippen LogP contribution in [0.1, 0.15) is 52.9 Å². The molecule has 1 aliphatic heterocycles. The number of hydrogen-bond donors (Lipinski definition) is 1. The molecule has 3 nitrogen and oxygen atoms in total. The zero-order chi connectivity index (χ0) is 13.9. The first-order valence-corrected chi connectivity index (χ1v) is 7.77. The van der Waals surface area contributed by atoms with Gasteiger partial charge in [0.05, 0.1) is 6.07 Å². The van der Waals surface area contributed by atoms with Crippen LogP contribution >= 0.6 is 0 Å². The van der Waals surface area contributed by atoms with Crippen molar-refractivity contribution in [3.63, 3.8) is 0 Å². The average molecular weight is 263 g/mol. The molecule has 0 aromatic heterocycles. The topological polar surface area (TPSA) is 39.1 Å². The molecule has 1 N–H and O–H groups in total. The largest absolute Gasteiger partial charge is 0.312 e. The summed E-state index contributed by atoms with van der Waals surface area (Å²) >= 11 is 0. The molecular weight excluding hydrogens is 234 g/mol. The Bertz CT molecular complexity index is 333. The van der Waals surface area contributed by atoms with Crippen LogP contribution < -0.4 is 5.32 Å². The lowest BCUT2D eigenvalue weighted by Crippen LogP contribution is -2.45. The maximum atomic E-state index is 8.92. The minimum Gasteiger partial charge on any atom is -0.312 e. The quantitative estimate of drug-likeness (QED) is 0.829. The van der Waals surface area contributed by atoms with Crippen molar-refractivity contribution in [1.29, 1.82) is 5.26 Å². The Morgan fingerprint density at radius 3 is 2.68 bits per heavy atom. The molecule has 0 bridgehead atoms. The fourth-order valence-corrected chi connectivity index (χ4v) is 3.12. The van der Waals surface area contributed by atoms with Gasteiger partial charge in [0, 0.05) is 25.0 Å². The van der Waals surface area contributed by atoms with E-state index in [1.807, 2.05) is 0 Å². The number of nitrogens with one attached hydrogen (secondary N) is 1. The second-order valence-electron chi connectivity index (χ2n) is 7.71. The Morgan fingerprint density at radius 2 is 2.11 bits per heavy atom. The highest BCUT2D eigenvalue weighted by atomic mass is 15.1. The first-order valence-electron chi connectivity index (χ1n) is 7.77. The lowest BCUT2D eigenvalue weighted by Gasteiger charge is -2.36. The average Bonchev–Trinajstić information content (AvgIpc) is 3.06. The van der Waals surface area contributed by atoms with E-state index < -0.39 is 0 Å². The number of rotatable bonds is 5. The minimum absolute atomic E-state index is 0.223. The Morgan fingerprint density at radius 1 is 1.37 bits per heavy atom. The van der Waals surface area contributed by atoms with Crippen molar-refractivity contribution >= 4 is 0 Å². The number of nitriles is 1. The fourth-order valence-electron chi connectivity index (χ4n) is 3.12. The van der Waals surface area contributed by atoms with Crippen LogP contribution in [0.3, 0.4) is 0 Å². The third-order valence-corrected chi connectivity index (χ3v) is 4.49. The van der Waals surface area contributed by atoms with Crippen LogP contribution in [0.4, 0.5) is 0 Å². The van der Waals surface area contributed by atoms with Gasteiger partial charge < -0.3 is 10.2 Å². The Balaban J connectivity index is 1.76. The number of nitrogens with zero attached hydrogens (tertiary/aromatic N) is 2. The second-order valence-corrected chi connectivity index (χ2v) is 7.71. The third kappa shape index (κ3) is 4.78. The van der Waals surface area contributed by atoms with Gasteiger partial charge in [-0.3, -0.25) is 0 Å². The SMILES string of the molecule is CC(C)(C)NCC1CCCN(CC2(CC#N)CC2)C1. The van der Waals surface area contributed by atoms with Gasteiger partial charge in [-0.05, 0) is 70.9 Å². The van der Waals surface area contributed by atoms with Gasteiger partial charge in [-0.15, -0.1) is 0 Å². The van der Waals surface area contributed by atoms with E-state index in [0.29, 0.717) is 5.41 Å². The minimum atomic E-state index is 0.223. The van der Waals surface area contributed by atoms with Crippen molar-refractivity contribution in [3.8, 4) is 6.07 Å². The molecule has 2 fully saturated rings. The van der Waals surface area contributed by atoms with E-state index in [4.69, 9.17) is 5.26 Å². The molecule has 0 amide bonds. The summed E-state index contributed by atoms with van der Waals surface area (Å²) in [6.45, 7) is 11.5. The summed E-state index contributed by atoms with van der Waals surface area (Å²) in [6, 6.07) is 2.38. The highest BCUT2D eigenvalue weighted by Gasteiger charge is 2.44. The molecule has 1 unspecified atom stereocenters. The van der Waals surface area contributed by atoms with Crippen molar-refractivity contribution in [3.05, 3.63) is 0 Å². The molecular formula is C16H29N3.